The van der Waals surface area contributed by atoms with Crippen molar-refractivity contribution in [1.82, 2.24) is 0 Å². The van der Waals surface area contributed by atoms with Gasteiger partial charge in [-0.15, -0.1) is 0 Å². The van der Waals surface area contributed by atoms with Crippen LogP contribution in [0.1, 0.15) is 0 Å². The van der Waals surface area contributed by atoms with Crippen LogP contribution in [0, 0.1) is 0 Å². The molecule has 0 bridgehead atoms. The molecule has 0 aliphatic carbocycles. The van der Waals surface area contributed by atoms with E-state index in [0.717, 1.165) is 45.3 Å². The third-order valence-corrected chi connectivity index (χ3v) is 9.83. The van der Waals surface area contributed by atoms with Crippen LogP contribution in [0.25, 0.3) is 43.8 Å². The Labute approximate surface area is 305 Å². The molecule has 0 spiro atoms. The van der Waals surface area contributed by atoms with Crippen molar-refractivity contribution in [2.75, 3.05) is 9.80 Å². The molecule has 0 aromatic heterocycles. The predicted molar refractivity (Wildman–Crippen MR) is 222 cm³/mol. The zero-order valence-electron chi connectivity index (χ0n) is 28.7. The summed E-state index contributed by atoms with van der Waals surface area (Å²) in [5.41, 5.74) is 11.2. The number of rotatable bonds is 8. The summed E-state index contributed by atoms with van der Waals surface area (Å²) >= 11 is 0. The summed E-state index contributed by atoms with van der Waals surface area (Å²) in [6.07, 6.45) is 0. The quantitative estimate of drug-likeness (QED) is 0.159. The summed E-state index contributed by atoms with van der Waals surface area (Å²) in [6.45, 7) is 0. The van der Waals surface area contributed by atoms with E-state index < -0.39 is 0 Å². The first-order chi connectivity index (χ1) is 25.8. The highest BCUT2D eigenvalue weighted by atomic mass is 15.2. The topological polar surface area (TPSA) is 6.48 Å². The lowest BCUT2D eigenvalue weighted by atomic mass is 9.96. The minimum absolute atomic E-state index is 1.07. The molecule has 0 atom stereocenters. The number of para-hydroxylation sites is 3. The van der Waals surface area contributed by atoms with Gasteiger partial charge >= 0.3 is 0 Å². The second kappa shape index (κ2) is 13.8. The van der Waals surface area contributed by atoms with Gasteiger partial charge in [0, 0.05) is 27.7 Å². The van der Waals surface area contributed by atoms with Gasteiger partial charge in [-0.1, -0.05) is 176 Å². The first-order valence-corrected chi connectivity index (χ1v) is 17.8. The van der Waals surface area contributed by atoms with Crippen molar-refractivity contribution < 1.29 is 0 Å². The summed E-state index contributed by atoms with van der Waals surface area (Å²) < 4.78 is 0. The second-order valence-electron chi connectivity index (χ2n) is 13.0. The van der Waals surface area contributed by atoms with E-state index in [2.05, 4.69) is 228 Å². The van der Waals surface area contributed by atoms with E-state index >= 15 is 0 Å². The number of hydrogen-bond acceptors (Lipinski definition) is 2. The van der Waals surface area contributed by atoms with Crippen LogP contribution in [-0.4, -0.2) is 0 Å². The molecule has 246 valence electrons. The molecule has 0 amide bonds. The van der Waals surface area contributed by atoms with E-state index in [1.165, 1.54) is 32.7 Å². The average molecular weight is 665 g/mol. The zero-order valence-corrected chi connectivity index (χ0v) is 28.7. The van der Waals surface area contributed by atoms with Crippen molar-refractivity contribution in [3.63, 3.8) is 0 Å². The van der Waals surface area contributed by atoms with Gasteiger partial charge in [0.1, 0.15) is 0 Å². The molecule has 0 radical (unpaired) electrons. The van der Waals surface area contributed by atoms with Gasteiger partial charge in [0.15, 0.2) is 0 Å². The lowest BCUT2D eigenvalue weighted by Crippen LogP contribution is -2.18. The van der Waals surface area contributed by atoms with Crippen LogP contribution in [0.15, 0.2) is 218 Å². The molecule has 0 saturated carbocycles. The van der Waals surface area contributed by atoms with Gasteiger partial charge in [0.05, 0.1) is 22.7 Å². The van der Waals surface area contributed by atoms with Crippen molar-refractivity contribution in [3.8, 4) is 22.3 Å². The molecule has 52 heavy (non-hydrogen) atoms. The molecule has 0 N–H and O–H groups in total. The summed E-state index contributed by atoms with van der Waals surface area (Å²) in [5, 5.41) is 4.77. The van der Waals surface area contributed by atoms with Gasteiger partial charge in [-0.05, 0) is 69.9 Å². The highest BCUT2D eigenvalue weighted by molar-refractivity contribution is 6.07. The maximum atomic E-state index is 2.46. The first-order valence-electron chi connectivity index (χ1n) is 17.8. The van der Waals surface area contributed by atoms with Gasteiger partial charge in [-0.3, -0.25) is 0 Å². The highest BCUT2D eigenvalue weighted by Gasteiger charge is 2.27. The van der Waals surface area contributed by atoms with Crippen molar-refractivity contribution in [1.29, 1.82) is 0 Å². The van der Waals surface area contributed by atoms with Crippen LogP contribution in [0.2, 0.25) is 0 Å². The Morgan fingerprint density at radius 1 is 0.250 bits per heavy atom. The van der Waals surface area contributed by atoms with Gasteiger partial charge in [-0.2, -0.15) is 0 Å². The molecule has 2 nitrogen and oxygen atoms in total. The summed E-state index contributed by atoms with van der Waals surface area (Å²) in [5.74, 6) is 0. The number of benzene rings is 9. The van der Waals surface area contributed by atoms with E-state index in [1.54, 1.807) is 0 Å². The van der Waals surface area contributed by atoms with E-state index in [4.69, 9.17) is 0 Å². The molecule has 0 aliphatic rings. The third-order valence-electron chi connectivity index (χ3n) is 9.83. The number of fused-ring (bicyclic) bond motifs is 2. The molecular weight excluding hydrogens is 629 g/mol. The maximum Gasteiger partial charge on any atom is 0.0781 e. The van der Waals surface area contributed by atoms with Gasteiger partial charge < -0.3 is 9.80 Å². The Kier molecular flexibility index (Phi) is 8.24. The second-order valence-corrected chi connectivity index (χ2v) is 13.0. The van der Waals surface area contributed by atoms with Crippen LogP contribution in [0.4, 0.5) is 34.1 Å². The third kappa shape index (κ3) is 5.77. The molecule has 9 aromatic carbocycles. The molecule has 9 rings (SSSR count). The van der Waals surface area contributed by atoms with Crippen molar-refractivity contribution in [3.05, 3.63) is 218 Å². The minimum atomic E-state index is 1.07. The molecule has 0 aliphatic heterocycles. The molecule has 2 heteroatoms. The monoisotopic (exact) mass is 664 g/mol. The van der Waals surface area contributed by atoms with Crippen LogP contribution in [0.3, 0.4) is 0 Å². The normalized spacial score (nSPS) is 11.1. The van der Waals surface area contributed by atoms with E-state index in [1.807, 2.05) is 0 Å². The molecule has 0 saturated heterocycles. The van der Waals surface area contributed by atoms with Crippen LogP contribution in [-0.2, 0) is 0 Å². The van der Waals surface area contributed by atoms with Crippen LogP contribution >= 0.6 is 0 Å². The SMILES string of the molecule is c1ccc(-c2ccc(-c3cccc(N(c4ccccc4)c4cccc5ccccc45)c3N(c3ccccc3)c3cccc4ccccc34)cc2)cc1. The summed E-state index contributed by atoms with van der Waals surface area (Å²) in [7, 11) is 0. The van der Waals surface area contributed by atoms with Gasteiger partial charge in [-0.25, -0.2) is 0 Å². The maximum absolute atomic E-state index is 2.46. The van der Waals surface area contributed by atoms with E-state index in [9.17, 15) is 0 Å². The van der Waals surface area contributed by atoms with Crippen LogP contribution in [0.5, 0.6) is 0 Å². The first kappa shape index (κ1) is 31.1. The van der Waals surface area contributed by atoms with Crippen molar-refractivity contribution in [2.45, 2.75) is 0 Å². The lowest BCUT2D eigenvalue weighted by Gasteiger charge is -2.35. The van der Waals surface area contributed by atoms with Crippen molar-refractivity contribution >= 4 is 55.7 Å². The van der Waals surface area contributed by atoms with Gasteiger partial charge in [0.25, 0.3) is 0 Å². The Hall–Kier alpha value is -6.90. The molecule has 9 aromatic rings. The zero-order chi connectivity index (χ0) is 34.7. The fourth-order valence-corrected chi connectivity index (χ4v) is 7.41. The average Bonchev–Trinajstić information content (AvgIpc) is 3.23. The number of nitrogens with zero attached hydrogens (tertiary/aromatic N) is 2. The lowest BCUT2D eigenvalue weighted by molar-refractivity contribution is 1.24. The standard InChI is InChI=1S/C50H36N2/c1-4-17-37(18-5-1)38-33-35-41(36-34-38)46-29-16-32-49(51(42-23-6-2-7-24-42)47-30-14-21-39-19-10-12-27-44(39)47)50(46)52(43-25-8-3-9-26-43)48-31-15-22-40-20-11-13-28-45(40)48/h1-36H. The highest BCUT2D eigenvalue weighted by Crippen LogP contribution is 2.52. The van der Waals surface area contributed by atoms with Crippen LogP contribution < -0.4 is 9.80 Å². The Morgan fingerprint density at radius 2 is 0.654 bits per heavy atom. The minimum Gasteiger partial charge on any atom is -0.308 e. The Balaban J connectivity index is 1.38. The van der Waals surface area contributed by atoms with Gasteiger partial charge in [0.2, 0.25) is 0 Å². The fraction of sp³-hybridized carbons (Fsp3) is 0. The number of hydrogen-bond donors (Lipinski definition) is 0. The molecule has 0 unspecified atom stereocenters. The smallest absolute Gasteiger partial charge is 0.0781 e. The Bertz CT molecular complexity index is 2600. The summed E-state index contributed by atoms with van der Waals surface area (Å²) in [6, 6.07) is 78.4. The van der Waals surface area contributed by atoms with E-state index in [-0.39, 0.29) is 0 Å². The summed E-state index contributed by atoms with van der Waals surface area (Å²) in [4.78, 5) is 4.89. The molecule has 0 fully saturated rings. The predicted octanol–water partition coefficient (Wildman–Crippen LogP) is 14.3. The Morgan fingerprint density at radius 3 is 1.25 bits per heavy atom. The molecular formula is C50H36N2. The van der Waals surface area contributed by atoms with Crippen molar-refractivity contribution in [2.24, 2.45) is 0 Å². The fourth-order valence-electron chi connectivity index (χ4n) is 7.41. The largest absolute Gasteiger partial charge is 0.308 e. The number of anilines is 6. The molecule has 0 heterocycles. The van der Waals surface area contributed by atoms with E-state index in [0.29, 0.717) is 0 Å².